The van der Waals surface area contributed by atoms with Crippen molar-refractivity contribution in [3.05, 3.63) is 24.0 Å². The maximum atomic E-state index is 13.8. The molecular formula is C12H16FN5. The Morgan fingerprint density at radius 3 is 2.78 bits per heavy atom. The van der Waals surface area contributed by atoms with E-state index in [1.165, 1.54) is 0 Å². The maximum Gasteiger partial charge on any atom is 0.186 e. The average Bonchev–Trinajstić information content (AvgIpc) is 2.77. The number of nitrogens with one attached hydrogen (secondary N) is 1. The molecule has 96 valence electrons. The molecule has 0 amide bonds. The molecule has 0 spiro atoms. The van der Waals surface area contributed by atoms with Crippen LogP contribution in [0, 0.1) is 12.7 Å². The van der Waals surface area contributed by atoms with Gasteiger partial charge < -0.3 is 9.88 Å². The molecule has 2 heterocycles. The molecule has 0 unspecified atom stereocenters. The molecule has 18 heavy (non-hydrogen) atoms. The predicted molar refractivity (Wildman–Crippen MR) is 67.7 cm³/mol. The summed E-state index contributed by atoms with van der Waals surface area (Å²) in [7, 11) is 1.85. The largest absolute Gasteiger partial charge is 0.368 e. The van der Waals surface area contributed by atoms with Crippen LogP contribution in [-0.4, -0.2) is 26.1 Å². The Morgan fingerprint density at radius 2 is 2.17 bits per heavy atom. The number of anilines is 1. The fourth-order valence-electron chi connectivity index (χ4n) is 1.61. The van der Waals surface area contributed by atoms with Crippen LogP contribution in [0.2, 0.25) is 0 Å². The number of nitrogens with zero attached hydrogens (tertiary/aromatic N) is 4. The van der Waals surface area contributed by atoms with Crippen LogP contribution in [0.15, 0.2) is 12.5 Å². The molecule has 1 N–H and O–H groups in total. The lowest BCUT2D eigenvalue weighted by Gasteiger charge is -2.09. The summed E-state index contributed by atoms with van der Waals surface area (Å²) in [4.78, 5) is 12.4. The zero-order chi connectivity index (χ0) is 13.1. The van der Waals surface area contributed by atoms with Crippen molar-refractivity contribution in [2.75, 3.05) is 11.9 Å². The minimum absolute atomic E-state index is 0.251. The normalized spacial score (nSPS) is 10.7. The number of hydrogen-bond acceptors (Lipinski definition) is 4. The molecule has 0 saturated heterocycles. The highest BCUT2D eigenvalue weighted by Gasteiger charge is 2.13. The molecule has 0 saturated carbocycles. The van der Waals surface area contributed by atoms with E-state index in [2.05, 4.69) is 20.3 Å². The molecule has 0 atom stereocenters. The van der Waals surface area contributed by atoms with E-state index in [4.69, 9.17) is 0 Å². The average molecular weight is 249 g/mol. The SMILES string of the molecule is CCCNc1nc(-c2cncn2C)nc(C)c1F. The summed E-state index contributed by atoms with van der Waals surface area (Å²) in [5, 5.41) is 2.97. The fourth-order valence-corrected chi connectivity index (χ4v) is 1.61. The van der Waals surface area contributed by atoms with Crippen molar-refractivity contribution >= 4 is 5.82 Å². The van der Waals surface area contributed by atoms with Gasteiger partial charge in [-0.15, -0.1) is 0 Å². The highest BCUT2D eigenvalue weighted by Crippen LogP contribution is 2.20. The van der Waals surface area contributed by atoms with Crippen molar-refractivity contribution in [1.29, 1.82) is 0 Å². The van der Waals surface area contributed by atoms with Gasteiger partial charge in [0.05, 0.1) is 18.2 Å². The molecule has 2 aromatic rings. The molecule has 0 fully saturated rings. The number of halogens is 1. The van der Waals surface area contributed by atoms with Crippen LogP contribution >= 0.6 is 0 Å². The van der Waals surface area contributed by atoms with E-state index in [0.29, 0.717) is 18.1 Å². The fraction of sp³-hybridized carbons (Fsp3) is 0.417. The summed E-state index contributed by atoms with van der Waals surface area (Å²) in [5.41, 5.74) is 1.09. The van der Waals surface area contributed by atoms with Gasteiger partial charge in [-0.2, -0.15) is 0 Å². The summed E-state index contributed by atoms with van der Waals surface area (Å²) in [6, 6.07) is 0. The van der Waals surface area contributed by atoms with Gasteiger partial charge in [0.1, 0.15) is 5.69 Å². The van der Waals surface area contributed by atoms with E-state index in [0.717, 1.165) is 12.1 Å². The van der Waals surface area contributed by atoms with Gasteiger partial charge in [0.25, 0.3) is 0 Å². The van der Waals surface area contributed by atoms with Gasteiger partial charge in [0, 0.05) is 13.6 Å². The van der Waals surface area contributed by atoms with Crippen molar-refractivity contribution in [2.24, 2.45) is 7.05 Å². The first-order chi connectivity index (χ1) is 8.63. The van der Waals surface area contributed by atoms with Crippen LogP contribution in [0.3, 0.4) is 0 Å². The molecule has 2 aromatic heterocycles. The van der Waals surface area contributed by atoms with E-state index in [1.54, 1.807) is 24.0 Å². The van der Waals surface area contributed by atoms with E-state index in [9.17, 15) is 4.39 Å². The highest BCUT2D eigenvalue weighted by atomic mass is 19.1. The Kier molecular flexibility index (Phi) is 3.55. The summed E-state index contributed by atoms with van der Waals surface area (Å²) in [6.45, 7) is 4.33. The van der Waals surface area contributed by atoms with Gasteiger partial charge in [0.15, 0.2) is 17.5 Å². The summed E-state index contributed by atoms with van der Waals surface area (Å²) in [5.74, 6) is 0.336. The van der Waals surface area contributed by atoms with Crippen molar-refractivity contribution in [2.45, 2.75) is 20.3 Å². The number of rotatable bonds is 4. The molecular weight excluding hydrogens is 233 g/mol. The lowest BCUT2D eigenvalue weighted by atomic mass is 10.3. The number of aromatic nitrogens is 4. The molecule has 0 aliphatic rings. The lowest BCUT2D eigenvalue weighted by Crippen LogP contribution is -2.09. The van der Waals surface area contributed by atoms with Gasteiger partial charge in [-0.3, -0.25) is 0 Å². The monoisotopic (exact) mass is 249 g/mol. The van der Waals surface area contributed by atoms with Crippen LogP contribution in [0.25, 0.3) is 11.5 Å². The molecule has 2 rings (SSSR count). The van der Waals surface area contributed by atoms with E-state index < -0.39 is 5.82 Å². The first kappa shape index (κ1) is 12.5. The van der Waals surface area contributed by atoms with E-state index in [1.807, 2.05) is 14.0 Å². The molecule has 0 aliphatic heterocycles. The van der Waals surface area contributed by atoms with Crippen LogP contribution in [0.4, 0.5) is 10.2 Å². The standard InChI is InChI=1S/C12H16FN5/c1-4-5-15-12-10(13)8(2)16-11(17-12)9-6-14-7-18(9)3/h6-7H,4-5H2,1-3H3,(H,15,16,17). The minimum atomic E-state index is -0.394. The highest BCUT2D eigenvalue weighted by molar-refractivity contribution is 5.53. The van der Waals surface area contributed by atoms with Crippen molar-refractivity contribution in [3.8, 4) is 11.5 Å². The quantitative estimate of drug-likeness (QED) is 0.902. The van der Waals surface area contributed by atoms with Crippen molar-refractivity contribution in [1.82, 2.24) is 19.5 Å². The van der Waals surface area contributed by atoms with Gasteiger partial charge >= 0.3 is 0 Å². The first-order valence-electron chi connectivity index (χ1n) is 5.88. The smallest absolute Gasteiger partial charge is 0.186 e. The van der Waals surface area contributed by atoms with Crippen LogP contribution in [-0.2, 0) is 7.05 Å². The van der Waals surface area contributed by atoms with E-state index in [-0.39, 0.29) is 5.82 Å². The second-order valence-electron chi connectivity index (χ2n) is 4.11. The minimum Gasteiger partial charge on any atom is -0.368 e. The summed E-state index contributed by atoms with van der Waals surface area (Å²) >= 11 is 0. The molecule has 0 aliphatic carbocycles. The van der Waals surface area contributed by atoms with Gasteiger partial charge in [-0.25, -0.2) is 19.3 Å². The molecule has 0 aromatic carbocycles. The Balaban J connectivity index is 2.44. The third-order valence-corrected chi connectivity index (χ3v) is 2.61. The van der Waals surface area contributed by atoms with Crippen LogP contribution in [0.5, 0.6) is 0 Å². The Morgan fingerprint density at radius 1 is 1.39 bits per heavy atom. The Bertz CT molecular complexity index is 549. The van der Waals surface area contributed by atoms with Gasteiger partial charge in [-0.05, 0) is 13.3 Å². The molecule has 5 nitrogen and oxygen atoms in total. The number of aryl methyl sites for hydroxylation is 2. The predicted octanol–water partition coefficient (Wildman–Crippen LogP) is 2.15. The number of hydrogen-bond donors (Lipinski definition) is 1. The van der Waals surface area contributed by atoms with Crippen molar-refractivity contribution < 1.29 is 4.39 Å². The first-order valence-corrected chi connectivity index (χ1v) is 5.88. The topological polar surface area (TPSA) is 55.6 Å². The molecule has 0 radical (unpaired) electrons. The number of imidazole rings is 1. The lowest BCUT2D eigenvalue weighted by molar-refractivity contribution is 0.605. The summed E-state index contributed by atoms with van der Waals surface area (Å²) in [6.07, 6.45) is 4.23. The second kappa shape index (κ2) is 5.12. The van der Waals surface area contributed by atoms with Crippen LogP contribution in [0.1, 0.15) is 19.0 Å². The van der Waals surface area contributed by atoms with Crippen molar-refractivity contribution in [3.63, 3.8) is 0 Å². The third kappa shape index (κ3) is 2.32. The third-order valence-electron chi connectivity index (χ3n) is 2.61. The Labute approximate surface area is 105 Å². The van der Waals surface area contributed by atoms with Crippen LogP contribution < -0.4 is 5.32 Å². The Hall–Kier alpha value is -1.98. The zero-order valence-corrected chi connectivity index (χ0v) is 10.7. The van der Waals surface area contributed by atoms with Gasteiger partial charge in [0.2, 0.25) is 0 Å². The zero-order valence-electron chi connectivity index (χ0n) is 10.7. The summed E-state index contributed by atoms with van der Waals surface area (Å²) < 4.78 is 15.6. The van der Waals surface area contributed by atoms with Gasteiger partial charge in [-0.1, -0.05) is 6.92 Å². The molecule has 0 bridgehead atoms. The maximum absolute atomic E-state index is 13.8. The second-order valence-corrected chi connectivity index (χ2v) is 4.11. The van der Waals surface area contributed by atoms with E-state index >= 15 is 0 Å². The molecule has 6 heteroatoms.